The van der Waals surface area contributed by atoms with Crippen molar-refractivity contribution in [2.45, 2.75) is 43.4 Å². The minimum atomic E-state index is -3.24. The van der Waals surface area contributed by atoms with Crippen LogP contribution < -0.4 is 0 Å². The molecule has 0 radical (unpaired) electrons. The third-order valence-electron chi connectivity index (χ3n) is 4.35. The Morgan fingerprint density at radius 1 is 1.14 bits per heavy atom. The highest BCUT2D eigenvalue weighted by Crippen LogP contribution is 2.29. The molecular formula is C16H21N3O2S. The quantitative estimate of drug-likeness (QED) is 0.869. The van der Waals surface area contributed by atoms with Gasteiger partial charge in [0, 0.05) is 6.26 Å². The van der Waals surface area contributed by atoms with Gasteiger partial charge in [-0.2, -0.15) is 15.0 Å². The number of nitrogens with zero attached hydrogens (tertiary/aromatic N) is 3. The van der Waals surface area contributed by atoms with Crippen molar-refractivity contribution in [2.75, 3.05) is 6.26 Å². The van der Waals surface area contributed by atoms with E-state index in [0.717, 1.165) is 17.7 Å². The summed E-state index contributed by atoms with van der Waals surface area (Å²) >= 11 is 0. The number of hydrogen-bond acceptors (Lipinski definition) is 4. The lowest BCUT2D eigenvalue weighted by molar-refractivity contribution is 0.356. The van der Waals surface area contributed by atoms with Gasteiger partial charge >= 0.3 is 0 Å². The van der Waals surface area contributed by atoms with Crippen LogP contribution in [0.2, 0.25) is 0 Å². The molecule has 1 saturated carbocycles. The lowest BCUT2D eigenvalue weighted by atomic mass is 9.84. The predicted octanol–water partition coefficient (Wildman–Crippen LogP) is 2.79. The molecule has 1 aliphatic carbocycles. The first kappa shape index (κ1) is 15.2. The first-order valence-corrected chi connectivity index (χ1v) is 9.63. The second-order valence-electron chi connectivity index (χ2n) is 6.09. The summed E-state index contributed by atoms with van der Waals surface area (Å²) in [6.07, 6.45) is 11.8. The van der Waals surface area contributed by atoms with Crippen LogP contribution in [0.1, 0.15) is 37.7 Å². The Balaban J connectivity index is 1.98. The van der Waals surface area contributed by atoms with Crippen LogP contribution in [0.4, 0.5) is 0 Å². The molecule has 1 heterocycles. The van der Waals surface area contributed by atoms with Crippen LogP contribution in [0.25, 0.3) is 5.69 Å². The number of benzene rings is 1. The van der Waals surface area contributed by atoms with Gasteiger partial charge in [0.15, 0.2) is 9.84 Å². The van der Waals surface area contributed by atoms with Crippen LogP contribution in [0, 0.1) is 5.92 Å². The topological polar surface area (TPSA) is 64.8 Å². The molecule has 0 spiro atoms. The zero-order valence-corrected chi connectivity index (χ0v) is 13.6. The van der Waals surface area contributed by atoms with Gasteiger partial charge in [-0.15, -0.1) is 0 Å². The van der Waals surface area contributed by atoms with Gasteiger partial charge < -0.3 is 0 Å². The molecule has 0 aliphatic heterocycles. The number of sulfone groups is 1. The van der Waals surface area contributed by atoms with Gasteiger partial charge in [-0.25, -0.2) is 8.42 Å². The maximum Gasteiger partial charge on any atom is 0.175 e. The Kier molecular flexibility index (Phi) is 4.29. The average molecular weight is 319 g/mol. The van der Waals surface area contributed by atoms with Crippen molar-refractivity contribution in [3.63, 3.8) is 0 Å². The molecule has 0 N–H and O–H groups in total. The molecule has 2 aromatic rings. The van der Waals surface area contributed by atoms with Crippen molar-refractivity contribution < 1.29 is 8.42 Å². The number of hydrogen-bond donors (Lipinski definition) is 0. The van der Waals surface area contributed by atoms with Crippen molar-refractivity contribution >= 4 is 9.84 Å². The lowest BCUT2D eigenvalue weighted by Crippen LogP contribution is -2.13. The SMILES string of the molecule is CS(=O)(=O)c1ccc(CC2CCCCC2)c(-n2nccn2)c1. The Bertz CT molecular complexity index is 733. The Morgan fingerprint density at radius 3 is 2.45 bits per heavy atom. The molecule has 1 fully saturated rings. The van der Waals surface area contributed by atoms with Crippen LogP contribution in [-0.2, 0) is 16.3 Å². The Labute approximate surface area is 131 Å². The molecule has 0 saturated heterocycles. The monoisotopic (exact) mass is 319 g/mol. The summed E-state index contributed by atoms with van der Waals surface area (Å²) in [5, 5.41) is 8.35. The van der Waals surface area contributed by atoms with Crippen LogP contribution in [0.5, 0.6) is 0 Å². The van der Waals surface area contributed by atoms with Crippen molar-refractivity contribution in [1.82, 2.24) is 15.0 Å². The van der Waals surface area contributed by atoms with Crippen molar-refractivity contribution in [3.05, 3.63) is 36.2 Å². The van der Waals surface area contributed by atoms with Crippen LogP contribution >= 0.6 is 0 Å². The van der Waals surface area contributed by atoms with Crippen LogP contribution in [0.3, 0.4) is 0 Å². The number of rotatable bonds is 4. The maximum absolute atomic E-state index is 11.8. The van der Waals surface area contributed by atoms with Crippen LogP contribution in [-0.4, -0.2) is 29.7 Å². The van der Waals surface area contributed by atoms with E-state index in [1.165, 1.54) is 43.2 Å². The van der Waals surface area contributed by atoms with Gasteiger partial charge in [0.05, 0.1) is 23.0 Å². The summed E-state index contributed by atoms with van der Waals surface area (Å²) in [5.41, 5.74) is 1.90. The minimum Gasteiger partial charge on any atom is -0.224 e. The summed E-state index contributed by atoms with van der Waals surface area (Å²) in [7, 11) is -3.24. The van der Waals surface area contributed by atoms with Gasteiger partial charge in [-0.05, 0) is 30.0 Å². The highest BCUT2D eigenvalue weighted by atomic mass is 32.2. The van der Waals surface area contributed by atoms with Crippen molar-refractivity contribution in [1.29, 1.82) is 0 Å². The predicted molar refractivity (Wildman–Crippen MR) is 84.7 cm³/mol. The van der Waals surface area contributed by atoms with E-state index in [0.29, 0.717) is 10.8 Å². The molecule has 3 rings (SSSR count). The third-order valence-corrected chi connectivity index (χ3v) is 5.46. The molecule has 6 heteroatoms. The van der Waals surface area contributed by atoms with E-state index in [9.17, 15) is 8.42 Å². The number of aromatic nitrogens is 3. The highest BCUT2D eigenvalue weighted by Gasteiger charge is 2.18. The van der Waals surface area contributed by atoms with E-state index < -0.39 is 9.84 Å². The summed E-state index contributed by atoms with van der Waals surface area (Å²) in [4.78, 5) is 1.83. The zero-order valence-electron chi connectivity index (χ0n) is 12.8. The molecule has 0 amide bonds. The molecule has 1 aliphatic rings. The fraction of sp³-hybridized carbons (Fsp3) is 0.500. The molecule has 0 atom stereocenters. The highest BCUT2D eigenvalue weighted by molar-refractivity contribution is 7.90. The van der Waals surface area contributed by atoms with Gasteiger partial charge in [0.25, 0.3) is 0 Å². The van der Waals surface area contributed by atoms with E-state index in [4.69, 9.17) is 0 Å². The second-order valence-corrected chi connectivity index (χ2v) is 8.11. The molecule has 0 unspecified atom stereocenters. The van der Waals surface area contributed by atoms with Gasteiger partial charge in [-0.3, -0.25) is 0 Å². The van der Waals surface area contributed by atoms with Crippen molar-refractivity contribution in [2.24, 2.45) is 5.92 Å². The Morgan fingerprint density at radius 2 is 1.82 bits per heavy atom. The van der Waals surface area contributed by atoms with Gasteiger partial charge in [0.2, 0.25) is 0 Å². The third kappa shape index (κ3) is 3.38. The first-order chi connectivity index (χ1) is 10.5. The van der Waals surface area contributed by atoms with Crippen LogP contribution in [0.15, 0.2) is 35.5 Å². The van der Waals surface area contributed by atoms with Gasteiger partial charge in [0.1, 0.15) is 0 Å². The molecule has 1 aromatic carbocycles. The molecule has 1 aromatic heterocycles. The van der Waals surface area contributed by atoms with Gasteiger partial charge in [-0.1, -0.05) is 38.2 Å². The first-order valence-electron chi connectivity index (χ1n) is 7.74. The van der Waals surface area contributed by atoms with E-state index in [1.54, 1.807) is 24.5 Å². The summed E-state index contributed by atoms with van der Waals surface area (Å²) in [6.45, 7) is 0. The average Bonchev–Trinajstić information content (AvgIpc) is 3.01. The summed E-state index contributed by atoms with van der Waals surface area (Å²) < 4.78 is 23.6. The normalized spacial score (nSPS) is 16.8. The maximum atomic E-state index is 11.8. The van der Waals surface area contributed by atoms with E-state index >= 15 is 0 Å². The fourth-order valence-electron chi connectivity index (χ4n) is 3.18. The fourth-order valence-corrected chi connectivity index (χ4v) is 3.82. The van der Waals surface area contributed by atoms with E-state index in [2.05, 4.69) is 10.2 Å². The lowest BCUT2D eigenvalue weighted by Gasteiger charge is -2.22. The molecular weight excluding hydrogens is 298 g/mol. The second kappa shape index (κ2) is 6.20. The summed E-state index contributed by atoms with van der Waals surface area (Å²) in [6, 6.07) is 5.30. The van der Waals surface area contributed by atoms with Crippen molar-refractivity contribution in [3.8, 4) is 5.69 Å². The molecule has 5 nitrogen and oxygen atoms in total. The van der Waals surface area contributed by atoms with E-state index in [1.807, 2.05) is 6.07 Å². The van der Waals surface area contributed by atoms with E-state index in [-0.39, 0.29) is 0 Å². The summed E-state index contributed by atoms with van der Waals surface area (Å²) in [5.74, 6) is 0.673. The molecule has 118 valence electrons. The molecule has 22 heavy (non-hydrogen) atoms. The zero-order chi connectivity index (χ0) is 15.6. The molecule has 0 bridgehead atoms. The Hall–Kier alpha value is -1.69. The smallest absolute Gasteiger partial charge is 0.175 e. The standard InChI is InChI=1S/C16H21N3O2S/c1-22(20,21)15-8-7-14(11-13-5-3-2-4-6-13)16(12-15)19-17-9-10-18-19/h7-10,12-13H,2-6,11H2,1H3. The largest absolute Gasteiger partial charge is 0.224 e. The minimum absolute atomic E-state index is 0.312.